The first-order valence-corrected chi connectivity index (χ1v) is 7.47. The fraction of sp³-hybridized carbons (Fsp3) is 0.933. The van der Waals surface area contributed by atoms with Gasteiger partial charge in [-0.1, -0.05) is 47.0 Å². The van der Waals surface area contributed by atoms with Crippen LogP contribution in [0.25, 0.3) is 0 Å². The van der Waals surface area contributed by atoms with Crippen LogP contribution in [0.2, 0.25) is 0 Å². The van der Waals surface area contributed by atoms with Crippen LogP contribution in [-0.2, 0) is 4.79 Å². The molecule has 0 bridgehead atoms. The maximum Gasteiger partial charge on any atom is 0.224 e. The van der Waals surface area contributed by atoms with Gasteiger partial charge in [0.2, 0.25) is 5.91 Å². The molecule has 0 spiro atoms. The summed E-state index contributed by atoms with van der Waals surface area (Å²) < 4.78 is 0. The van der Waals surface area contributed by atoms with E-state index < -0.39 is 0 Å². The van der Waals surface area contributed by atoms with Gasteiger partial charge >= 0.3 is 0 Å². The van der Waals surface area contributed by atoms with E-state index in [1.54, 1.807) is 4.90 Å². The molecule has 0 aromatic carbocycles. The van der Waals surface area contributed by atoms with E-state index >= 15 is 0 Å². The molecular weight excluding hydrogens is 240 g/mol. The van der Waals surface area contributed by atoms with Crippen LogP contribution in [0.1, 0.15) is 59.8 Å². The highest BCUT2D eigenvalue weighted by molar-refractivity contribution is 5.76. The first-order valence-electron chi connectivity index (χ1n) is 7.47. The second kappa shape index (κ2) is 9.32. The number of carbonyl (C=O) groups excluding carboxylic acids is 1. The Morgan fingerprint density at radius 1 is 1.21 bits per heavy atom. The van der Waals surface area contributed by atoms with E-state index in [0.29, 0.717) is 13.0 Å². The Morgan fingerprint density at radius 2 is 1.84 bits per heavy atom. The van der Waals surface area contributed by atoms with Crippen molar-refractivity contribution >= 4 is 5.91 Å². The molecule has 0 aliphatic rings. The molecule has 0 saturated heterocycles. The lowest BCUT2D eigenvalue weighted by Gasteiger charge is -2.29. The highest BCUT2D eigenvalue weighted by Gasteiger charge is 2.25. The predicted octanol–water partition coefficient (Wildman–Crippen LogP) is 2.15. The number of amides is 1. The molecule has 0 aromatic rings. The van der Waals surface area contributed by atoms with Crippen LogP contribution in [0.3, 0.4) is 0 Å². The number of rotatable bonds is 9. The van der Waals surface area contributed by atoms with Crippen molar-refractivity contribution in [1.82, 2.24) is 4.90 Å². The maximum atomic E-state index is 12.2. The van der Waals surface area contributed by atoms with Crippen LogP contribution in [0, 0.1) is 5.41 Å². The Labute approximate surface area is 118 Å². The fourth-order valence-corrected chi connectivity index (χ4v) is 1.83. The van der Waals surface area contributed by atoms with Gasteiger partial charge < -0.3 is 15.7 Å². The molecule has 1 atom stereocenters. The summed E-state index contributed by atoms with van der Waals surface area (Å²) in [4.78, 5) is 13.9. The number of nitrogens with two attached hydrogens (primary N) is 1. The lowest BCUT2D eigenvalue weighted by atomic mass is 9.85. The van der Waals surface area contributed by atoms with Crippen molar-refractivity contribution in [2.75, 3.05) is 19.7 Å². The summed E-state index contributed by atoms with van der Waals surface area (Å²) in [6.45, 7) is 9.47. The minimum Gasteiger partial charge on any atom is -0.395 e. The largest absolute Gasteiger partial charge is 0.395 e. The number of hydrogen-bond donors (Lipinski definition) is 2. The summed E-state index contributed by atoms with van der Waals surface area (Å²) in [6.07, 6.45) is 4.88. The maximum absolute atomic E-state index is 12.2. The highest BCUT2D eigenvalue weighted by Crippen LogP contribution is 2.20. The van der Waals surface area contributed by atoms with Crippen LogP contribution in [0.15, 0.2) is 0 Å². The van der Waals surface area contributed by atoms with Crippen LogP contribution in [0.4, 0.5) is 0 Å². The zero-order chi connectivity index (χ0) is 14.9. The minimum atomic E-state index is -0.142. The smallest absolute Gasteiger partial charge is 0.224 e. The van der Waals surface area contributed by atoms with Crippen LogP contribution in [0.5, 0.6) is 0 Å². The monoisotopic (exact) mass is 272 g/mol. The van der Waals surface area contributed by atoms with E-state index in [4.69, 9.17) is 10.8 Å². The van der Waals surface area contributed by atoms with Crippen molar-refractivity contribution in [2.24, 2.45) is 11.1 Å². The van der Waals surface area contributed by atoms with Gasteiger partial charge in [-0.25, -0.2) is 0 Å². The second-order valence-electron chi connectivity index (χ2n) is 6.34. The molecule has 0 radical (unpaired) electrons. The predicted molar refractivity (Wildman–Crippen MR) is 79.9 cm³/mol. The summed E-state index contributed by atoms with van der Waals surface area (Å²) in [5.41, 5.74) is 5.99. The van der Waals surface area contributed by atoms with E-state index in [1.807, 2.05) is 20.8 Å². The molecule has 0 aliphatic carbocycles. The number of carbonyl (C=O) groups is 1. The Kier molecular flexibility index (Phi) is 9.02. The molecular formula is C15H32N2O2. The summed E-state index contributed by atoms with van der Waals surface area (Å²) in [5, 5.41) is 9.06. The molecule has 4 nitrogen and oxygen atoms in total. The van der Waals surface area contributed by atoms with Gasteiger partial charge in [0.05, 0.1) is 6.61 Å². The lowest BCUT2D eigenvalue weighted by Crippen LogP contribution is -2.42. The van der Waals surface area contributed by atoms with Gasteiger partial charge in [0, 0.05) is 25.6 Å². The zero-order valence-electron chi connectivity index (χ0n) is 13.1. The number of aliphatic hydroxyl groups excluding tert-OH is 1. The first kappa shape index (κ1) is 18.4. The lowest BCUT2D eigenvalue weighted by molar-refractivity contribution is -0.132. The third kappa shape index (κ3) is 8.22. The van der Waals surface area contributed by atoms with E-state index in [2.05, 4.69) is 6.92 Å². The van der Waals surface area contributed by atoms with Gasteiger partial charge in [0.15, 0.2) is 0 Å². The Hall–Kier alpha value is -0.610. The third-order valence-corrected chi connectivity index (χ3v) is 3.51. The molecule has 4 heteroatoms. The first-order chi connectivity index (χ1) is 8.82. The van der Waals surface area contributed by atoms with E-state index in [9.17, 15) is 4.79 Å². The van der Waals surface area contributed by atoms with Crippen molar-refractivity contribution in [2.45, 2.75) is 65.8 Å². The molecule has 19 heavy (non-hydrogen) atoms. The van der Waals surface area contributed by atoms with Crippen molar-refractivity contribution < 1.29 is 9.90 Å². The highest BCUT2D eigenvalue weighted by atomic mass is 16.3. The molecule has 114 valence electrons. The standard InChI is InChI=1S/C15H32N2O2/c1-5-6-7-8-9-17(10-11-18)14(19)12-13(16)15(2,3)4/h13,18H,5-12,16H2,1-4H3. The molecule has 0 saturated carbocycles. The third-order valence-electron chi connectivity index (χ3n) is 3.51. The van der Waals surface area contributed by atoms with Gasteiger partial charge in [-0.15, -0.1) is 0 Å². The molecule has 0 heterocycles. The van der Waals surface area contributed by atoms with E-state index in [-0.39, 0.29) is 24.0 Å². The van der Waals surface area contributed by atoms with Gasteiger partial charge in [-0.05, 0) is 11.8 Å². The molecule has 0 rings (SSSR count). The molecule has 0 aromatic heterocycles. The van der Waals surface area contributed by atoms with E-state index in [1.165, 1.54) is 12.8 Å². The summed E-state index contributed by atoms with van der Waals surface area (Å²) in [7, 11) is 0. The van der Waals surface area contributed by atoms with Crippen molar-refractivity contribution in [3.63, 3.8) is 0 Å². The fourth-order valence-electron chi connectivity index (χ4n) is 1.83. The summed E-state index contributed by atoms with van der Waals surface area (Å²) in [6, 6.07) is -0.142. The topological polar surface area (TPSA) is 66.6 Å². The summed E-state index contributed by atoms with van der Waals surface area (Å²) >= 11 is 0. The minimum absolute atomic E-state index is 0.0181. The van der Waals surface area contributed by atoms with Crippen LogP contribution >= 0.6 is 0 Å². The van der Waals surface area contributed by atoms with Gasteiger partial charge in [-0.3, -0.25) is 4.79 Å². The zero-order valence-corrected chi connectivity index (χ0v) is 13.1. The molecule has 1 amide bonds. The average Bonchev–Trinajstić information content (AvgIpc) is 2.31. The van der Waals surface area contributed by atoms with Gasteiger partial charge in [-0.2, -0.15) is 0 Å². The number of nitrogens with zero attached hydrogens (tertiary/aromatic N) is 1. The molecule has 0 aliphatic heterocycles. The van der Waals surface area contributed by atoms with Crippen molar-refractivity contribution in [3.05, 3.63) is 0 Å². The molecule has 1 unspecified atom stereocenters. The average molecular weight is 272 g/mol. The van der Waals surface area contributed by atoms with Gasteiger partial charge in [0.1, 0.15) is 0 Å². The summed E-state index contributed by atoms with van der Waals surface area (Å²) in [5.74, 6) is 0.0629. The molecule has 3 N–H and O–H groups in total. The van der Waals surface area contributed by atoms with Crippen molar-refractivity contribution in [1.29, 1.82) is 0 Å². The van der Waals surface area contributed by atoms with E-state index in [0.717, 1.165) is 19.4 Å². The SMILES string of the molecule is CCCCCCN(CCO)C(=O)CC(N)C(C)(C)C. The van der Waals surface area contributed by atoms with Gasteiger partial charge in [0.25, 0.3) is 0 Å². The molecule has 0 fully saturated rings. The van der Waals surface area contributed by atoms with Crippen molar-refractivity contribution in [3.8, 4) is 0 Å². The van der Waals surface area contributed by atoms with Crippen LogP contribution < -0.4 is 5.73 Å². The van der Waals surface area contributed by atoms with Crippen LogP contribution in [-0.4, -0.2) is 41.7 Å². The number of aliphatic hydroxyl groups is 1. The number of hydrogen-bond acceptors (Lipinski definition) is 3. The Balaban J connectivity index is 4.24. The second-order valence-corrected chi connectivity index (χ2v) is 6.34. The Morgan fingerprint density at radius 3 is 2.32 bits per heavy atom. The quantitative estimate of drug-likeness (QED) is 0.632. The normalized spacial score (nSPS) is 13.4. The number of unbranched alkanes of at least 4 members (excludes halogenated alkanes) is 3. The Bertz CT molecular complexity index is 249.